The van der Waals surface area contributed by atoms with Gasteiger partial charge in [-0.25, -0.2) is 9.59 Å². The van der Waals surface area contributed by atoms with Crippen LogP contribution in [0.4, 0.5) is 0 Å². The molecule has 0 saturated heterocycles. The van der Waals surface area contributed by atoms with Crippen LogP contribution in [0.5, 0.6) is 23.0 Å². The van der Waals surface area contributed by atoms with Crippen molar-refractivity contribution in [1.82, 2.24) is 0 Å². The predicted molar refractivity (Wildman–Crippen MR) is 108 cm³/mol. The minimum absolute atomic E-state index is 0.269. The Morgan fingerprint density at radius 1 is 0.966 bits per heavy atom. The maximum Gasteiger partial charge on any atom is 0.336 e. The van der Waals surface area contributed by atoms with E-state index in [1.54, 1.807) is 30.3 Å². The van der Waals surface area contributed by atoms with Crippen LogP contribution in [-0.4, -0.2) is 27.3 Å². The lowest BCUT2D eigenvalue weighted by atomic mass is 10.1. The van der Waals surface area contributed by atoms with E-state index in [0.29, 0.717) is 28.4 Å². The zero-order chi connectivity index (χ0) is 21.0. The molecule has 29 heavy (non-hydrogen) atoms. The van der Waals surface area contributed by atoms with Gasteiger partial charge in [0, 0.05) is 23.6 Å². The molecule has 7 nitrogen and oxygen atoms in total. The van der Waals surface area contributed by atoms with Gasteiger partial charge < -0.3 is 23.4 Å². The van der Waals surface area contributed by atoms with E-state index in [2.05, 4.69) is 0 Å². The fourth-order valence-corrected chi connectivity index (χ4v) is 2.88. The standard InChI is InChI=1S/C22H20O7/c1-13-9-21(24)29-17-12-15(6-7-16(13)17)28-20(23)8-5-14-10-18(25-2)22(27-4)19(11-14)26-3/h5-12H,1-4H3/b8-5+. The Hall–Kier alpha value is -3.74. The molecule has 0 saturated carbocycles. The molecule has 0 aliphatic rings. The van der Waals surface area contributed by atoms with Crippen molar-refractivity contribution >= 4 is 23.0 Å². The Bertz CT molecular complexity index is 1120. The van der Waals surface area contributed by atoms with E-state index in [-0.39, 0.29) is 5.75 Å². The van der Waals surface area contributed by atoms with Gasteiger partial charge in [0.1, 0.15) is 11.3 Å². The summed E-state index contributed by atoms with van der Waals surface area (Å²) in [6.07, 6.45) is 2.84. The van der Waals surface area contributed by atoms with Crippen LogP contribution in [0, 0.1) is 6.92 Å². The molecule has 0 amide bonds. The van der Waals surface area contributed by atoms with Crippen molar-refractivity contribution in [2.45, 2.75) is 6.92 Å². The quantitative estimate of drug-likeness (QED) is 0.272. The van der Waals surface area contributed by atoms with Gasteiger partial charge in [0.15, 0.2) is 11.5 Å². The Labute approximate surface area is 167 Å². The molecule has 2 aromatic carbocycles. The topological polar surface area (TPSA) is 84.2 Å². The molecule has 0 bridgehead atoms. The molecule has 3 rings (SSSR count). The third-order valence-corrected chi connectivity index (χ3v) is 4.24. The molecule has 0 aliphatic heterocycles. The lowest BCUT2D eigenvalue weighted by molar-refractivity contribution is -0.128. The molecule has 3 aromatic rings. The molecule has 0 N–H and O–H groups in total. The summed E-state index contributed by atoms with van der Waals surface area (Å²) in [6, 6.07) is 9.71. The van der Waals surface area contributed by atoms with Gasteiger partial charge in [0.25, 0.3) is 0 Å². The Morgan fingerprint density at radius 2 is 1.66 bits per heavy atom. The normalized spacial score (nSPS) is 10.9. The summed E-state index contributed by atoms with van der Waals surface area (Å²) in [6.45, 7) is 1.81. The maximum absolute atomic E-state index is 12.2. The molecular weight excluding hydrogens is 376 g/mol. The molecule has 0 fully saturated rings. The number of methoxy groups -OCH3 is 3. The van der Waals surface area contributed by atoms with Crippen molar-refractivity contribution in [2.75, 3.05) is 21.3 Å². The van der Waals surface area contributed by atoms with Crippen LogP contribution < -0.4 is 24.6 Å². The summed E-state index contributed by atoms with van der Waals surface area (Å²) in [5, 5.41) is 0.775. The molecule has 150 valence electrons. The fourth-order valence-electron chi connectivity index (χ4n) is 2.88. The Morgan fingerprint density at radius 3 is 2.28 bits per heavy atom. The van der Waals surface area contributed by atoms with Crippen molar-refractivity contribution in [1.29, 1.82) is 0 Å². The molecule has 0 unspecified atom stereocenters. The van der Waals surface area contributed by atoms with Gasteiger partial charge in [-0.1, -0.05) is 0 Å². The van der Waals surface area contributed by atoms with E-state index in [0.717, 1.165) is 10.9 Å². The highest BCUT2D eigenvalue weighted by Gasteiger charge is 2.12. The average Bonchev–Trinajstić information content (AvgIpc) is 2.70. The number of hydrogen-bond donors (Lipinski definition) is 0. The van der Waals surface area contributed by atoms with E-state index in [4.69, 9.17) is 23.4 Å². The first-order valence-corrected chi connectivity index (χ1v) is 8.69. The van der Waals surface area contributed by atoms with Crippen molar-refractivity contribution in [3.63, 3.8) is 0 Å². The summed E-state index contributed by atoms with van der Waals surface area (Å²) in [5.41, 5.74) is 1.35. The van der Waals surface area contributed by atoms with Gasteiger partial charge in [0.05, 0.1) is 21.3 Å². The van der Waals surface area contributed by atoms with Gasteiger partial charge >= 0.3 is 11.6 Å². The maximum atomic E-state index is 12.2. The first kappa shape index (κ1) is 20.0. The van der Waals surface area contributed by atoms with Crippen molar-refractivity contribution in [3.05, 3.63) is 64.0 Å². The first-order chi connectivity index (χ1) is 13.9. The first-order valence-electron chi connectivity index (χ1n) is 8.69. The van der Waals surface area contributed by atoms with Crippen LogP contribution in [0.15, 0.2) is 51.7 Å². The minimum atomic E-state index is -0.590. The lowest BCUT2D eigenvalue weighted by Crippen LogP contribution is -2.04. The van der Waals surface area contributed by atoms with Gasteiger partial charge in [-0.3, -0.25) is 0 Å². The van der Waals surface area contributed by atoms with Gasteiger partial charge in [0.2, 0.25) is 5.75 Å². The van der Waals surface area contributed by atoms with E-state index in [1.165, 1.54) is 39.5 Å². The molecule has 0 spiro atoms. The number of hydrogen-bond acceptors (Lipinski definition) is 7. The summed E-state index contributed by atoms with van der Waals surface area (Å²) in [5.74, 6) is 1.08. The number of esters is 1. The molecule has 1 heterocycles. The summed E-state index contributed by atoms with van der Waals surface area (Å²) >= 11 is 0. The van der Waals surface area contributed by atoms with E-state index in [9.17, 15) is 9.59 Å². The third kappa shape index (κ3) is 4.40. The lowest BCUT2D eigenvalue weighted by Gasteiger charge is -2.12. The van der Waals surface area contributed by atoms with Gasteiger partial charge in [-0.15, -0.1) is 0 Å². The summed E-state index contributed by atoms with van der Waals surface area (Å²) in [4.78, 5) is 23.7. The second-order valence-corrected chi connectivity index (χ2v) is 6.12. The van der Waals surface area contributed by atoms with Crippen LogP contribution in [-0.2, 0) is 4.79 Å². The van der Waals surface area contributed by atoms with Crippen molar-refractivity contribution in [2.24, 2.45) is 0 Å². The molecular formula is C22H20O7. The third-order valence-electron chi connectivity index (χ3n) is 4.24. The molecule has 0 radical (unpaired) electrons. The Kier molecular flexibility index (Phi) is 5.87. The van der Waals surface area contributed by atoms with Gasteiger partial charge in [-0.05, 0) is 48.4 Å². The molecule has 0 atom stereocenters. The average molecular weight is 396 g/mol. The highest BCUT2D eigenvalue weighted by molar-refractivity contribution is 5.90. The number of carbonyl (C=O) groups is 1. The van der Waals surface area contributed by atoms with Crippen LogP contribution >= 0.6 is 0 Å². The molecule has 7 heteroatoms. The Balaban J connectivity index is 1.81. The zero-order valence-corrected chi connectivity index (χ0v) is 16.5. The van der Waals surface area contributed by atoms with E-state index < -0.39 is 11.6 Å². The predicted octanol–water partition coefficient (Wildman–Crippen LogP) is 3.75. The number of aryl methyl sites for hydroxylation is 1. The second-order valence-electron chi connectivity index (χ2n) is 6.12. The number of rotatable bonds is 6. The van der Waals surface area contributed by atoms with Crippen LogP contribution in [0.25, 0.3) is 17.0 Å². The van der Waals surface area contributed by atoms with Crippen LogP contribution in [0.3, 0.4) is 0 Å². The number of carbonyl (C=O) groups excluding carboxylic acids is 1. The number of benzene rings is 2. The smallest absolute Gasteiger partial charge is 0.336 e. The highest BCUT2D eigenvalue weighted by Crippen LogP contribution is 2.38. The van der Waals surface area contributed by atoms with Crippen LogP contribution in [0.1, 0.15) is 11.1 Å². The number of fused-ring (bicyclic) bond motifs is 1. The molecule has 0 aliphatic carbocycles. The van der Waals surface area contributed by atoms with E-state index >= 15 is 0 Å². The monoisotopic (exact) mass is 396 g/mol. The number of ether oxygens (including phenoxy) is 4. The second kappa shape index (κ2) is 8.52. The SMILES string of the molecule is COc1cc(/C=C/C(=O)Oc2ccc3c(C)cc(=O)oc3c2)cc(OC)c1OC. The minimum Gasteiger partial charge on any atom is -0.493 e. The zero-order valence-electron chi connectivity index (χ0n) is 16.5. The largest absolute Gasteiger partial charge is 0.493 e. The fraction of sp³-hybridized carbons (Fsp3) is 0.182. The highest BCUT2D eigenvalue weighted by atomic mass is 16.5. The van der Waals surface area contributed by atoms with Crippen molar-refractivity contribution < 1.29 is 28.2 Å². The molecule has 1 aromatic heterocycles. The van der Waals surface area contributed by atoms with E-state index in [1.807, 2.05) is 6.92 Å². The van der Waals surface area contributed by atoms with Crippen molar-refractivity contribution in [3.8, 4) is 23.0 Å². The van der Waals surface area contributed by atoms with Gasteiger partial charge in [-0.2, -0.15) is 0 Å². The summed E-state index contributed by atoms with van der Waals surface area (Å²) in [7, 11) is 4.54. The van der Waals surface area contributed by atoms with Crippen LogP contribution in [0.2, 0.25) is 0 Å². The summed E-state index contributed by atoms with van der Waals surface area (Å²) < 4.78 is 26.3.